The fourth-order valence-electron chi connectivity index (χ4n) is 5.28. The summed E-state index contributed by atoms with van der Waals surface area (Å²) in [7, 11) is 1.68. The van der Waals surface area contributed by atoms with Gasteiger partial charge in [-0.1, -0.05) is 29.8 Å². The van der Waals surface area contributed by atoms with Gasteiger partial charge in [0.25, 0.3) is 5.91 Å². The predicted molar refractivity (Wildman–Crippen MR) is 125 cm³/mol. The molecule has 1 saturated heterocycles. The molecule has 6 nitrogen and oxygen atoms in total. The molecular weight excluding hydrogens is 426 g/mol. The first-order valence-corrected chi connectivity index (χ1v) is 11.4. The van der Waals surface area contributed by atoms with Gasteiger partial charge in [0.15, 0.2) is 11.5 Å². The summed E-state index contributed by atoms with van der Waals surface area (Å²) in [6.45, 7) is 4.89. The molecule has 0 saturated carbocycles. The van der Waals surface area contributed by atoms with Crippen LogP contribution in [0.1, 0.15) is 38.7 Å². The lowest BCUT2D eigenvalue weighted by Gasteiger charge is -2.44. The Morgan fingerprint density at radius 2 is 1.94 bits per heavy atom. The maximum absolute atomic E-state index is 13.5. The number of rotatable bonds is 2. The number of ether oxygens (including phenoxy) is 2. The molecule has 1 fully saturated rings. The zero-order chi connectivity index (χ0) is 22.7. The van der Waals surface area contributed by atoms with Gasteiger partial charge < -0.3 is 15.2 Å². The van der Waals surface area contributed by atoms with E-state index in [4.69, 9.17) is 31.8 Å². The first-order valence-electron chi connectivity index (χ1n) is 11.0. The Balaban J connectivity index is 1.60. The van der Waals surface area contributed by atoms with Crippen LogP contribution in [-0.2, 0) is 15.1 Å². The monoisotopic (exact) mass is 453 g/mol. The van der Waals surface area contributed by atoms with E-state index in [2.05, 4.69) is 13.8 Å². The van der Waals surface area contributed by atoms with Gasteiger partial charge in [0.2, 0.25) is 0 Å². The van der Waals surface area contributed by atoms with E-state index in [0.717, 1.165) is 29.5 Å². The molecule has 1 spiro atoms. The molecule has 32 heavy (non-hydrogen) atoms. The van der Waals surface area contributed by atoms with Gasteiger partial charge in [-0.2, -0.15) is 0 Å². The molecule has 2 N–H and O–H groups in total. The van der Waals surface area contributed by atoms with Crippen molar-refractivity contribution in [2.24, 2.45) is 16.6 Å². The molecule has 3 atom stereocenters. The van der Waals surface area contributed by atoms with Gasteiger partial charge in [0, 0.05) is 36.6 Å². The molecule has 0 radical (unpaired) electrons. The predicted octanol–water partition coefficient (Wildman–Crippen LogP) is 4.35. The molecule has 5 rings (SSSR count). The minimum atomic E-state index is -1.08. The maximum atomic E-state index is 13.5. The van der Waals surface area contributed by atoms with E-state index in [0.29, 0.717) is 23.8 Å². The summed E-state index contributed by atoms with van der Waals surface area (Å²) in [5, 5.41) is 0.660. The number of hydrogen-bond donors (Lipinski definition) is 1. The van der Waals surface area contributed by atoms with Crippen molar-refractivity contribution in [3.8, 4) is 16.9 Å². The van der Waals surface area contributed by atoms with E-state index in [-0.39, 0.29) is 29.5 Å². The number of amides is 1. The van der Waals surface area contributed by atoms with Crippen LogP contribution in [0.25, 0.3) is 11.1 Å². The quantitative estimate of drug-likeness (QED) is 0.733. The van der Waals surface area contributed by atoms with Gasteiger partial charge >= 0.3 is 0 Å². The van der Waals surface area contributed by atoms with Gasteiger partial charge in [-0.25, -0.2) is 4.99 Å². The van der Waals surface area contributed by atoms with Crippen molar-refractivity contribution < 1.29 is 14.3 Å². The van der Waals surface area contributed by atoms with Gasteiger partial charge in [0.05, 0.1) is 5.60 Å². The van der Waals surface area contributed by atoms with Crippen LogP contribution in [-0.4, -0.2) is 42.1 Å². The summed E-state index contributed by atoms with van der Waals surface area (Å²) < 4.78 is 12.4. The summed E-state index contributed by atoms with van der Waals surface area (Å²) in [5.41, 5.74) is 7.54. The molecule has 3 aliphatic heterocycles. The van der Waals surface area contributed by atoms with E-state index < -0.39 is 5.54 Å². The SMILES string of the molecule is CN1C(=O)C2(CC(C3CCOC(C)(C)C3)Oc3ccc(-c4cccc(Cl)c4)cc32)N=C1N. The van der Waals surface area contributed by atoms with Crippen molar-refractivity contribution in [1.82, 2.24) is 4.90 Å². The topological polar surface area (TPSA) is 77.2 Å². The second-order valence-electron chi connectivity index (χ2n) is 9.64. The number of halogens is 1. The number of aliphatic imine (C=N–C) groups is 1. The normalized spacial score (nSPS) is 28.9. The molecule has 7 heteroatoms. The highest BCUT2D eigenvalue weighted by molar-refractivity contribution is 6.30. The Morgan fingerprint density at radius 1 is 1.16 bits per heavy atom. The van der Waals surface area contributed by atoms with E-state index >= 15 is 0 Å². The van der Waals surface area contributed by atoms with Gasteiger partial charge in [-0.3, -0.25) is 9.69 Å². The fraction of sp³-hybridized carbons (Fsp3) is 0.440. The standard InChI is InChI=1S/C25H28ClN3O3/c1-24(2)13-17(9-10-31-24)21-14-25(22(30)29(3)23(27)28-25)19-12-16(7-8-20(19)32-21)15-5-4-6-18(26)11-15/h4-8,11-12,17,21H,9-10,13-14H2,1-3H3,(H2,27,28). The Morgan fingerprint density at radius 3 is 2.62 bits per heavy atom. The van der Waals surface area contributed by atoms with Gasteiger partial charge in [0.1, 0.15) is 11.9 Å². The molecule has 168 valence electrons. The number of carbonyl (C=O) groups excluding carboxylic acids is 1. The minimum absolute atomic E-state index is 0.112. The number of likely N-dealkylation sites (N-methyl/N-ethyl adjacent to an activating group) is 1. The molecule has 3 aliphatic rings. The summed E-state index contributed by atoms with van der Waals surface area (Å²) in [6.07, 6.45) is 2.08. The largest absolute Gasteiger partial charge is 0.490 e. The number of nitrogens with zero attached hydrogens (tertiary/aromatic N) is 2. The van der Waals surface area contributed by atoms with E-state index in [1.54, 1.807) is 7.05 Å². The number of carbonyl (C=O) groups is 1. The molecule has 2 aromatic carbocycles. The molecule has 0 aromatic heterocycles. The lowest BCUT2D eigenvalue weighted by atomic mass is 9.74. The van der Waals surface area contributed by atoms with Crippen LogP contribution >= 0.6 is 11.6 Å². The number of benzene rings is 2. The second kappa shape index (κ2) is 7.49. The van der Waals surface area contributed by atoms with Crippen molar-refractivity contribution in [3.05, 3.63) is 53.1 Å². The van der Waals surface area contributed by atoms with Crippen molar-refractivity contribution in [2.45, 2.75) is 50.4 Å². The van der Waals surface area contributed by atoms with Crippen LogP contribution in [0.5, 0.6) is 5.75 Å². The average molecular weight is 454 g/mol. The van der Waals surface area contributed by atoms with Crippen LogP contribution in [0.3, 0.4) is 0 Å². The molecule has 3 heterocycles. The number of fused-ring (bicyclic) bond motifs is 2. The van der Waals surface area contributed by atoms with Crippen LogP contribution in [0.4, 0.5) is 0 Å². The molecule has 1 amide bonds. The number of guanidine groups is 1. The number of hydrogen-bond acceptors (Lipinski definition) is 5. The average Bonchev–Trinajstić information content (AvgIpc) is 2.97. The molecule has 2 aromatic rings. The molecule has 0 bridgehead atoms. The van der Waals surface area contributed by atoms with Gasteiger partial charge in [-0.05, 0) is 62.1 Å². The Hall–Kier alpha value is -2.57. The third-order valence-corrected chi connectivity index (χ3v) is 7.16. The highest BCUT2D eigenvalue weighted by Gasteiger charge is 2.55. The lowest BCUT2D eigenvalue weighted by molar-refractivity contribution is -0.134. The first-order chi connectivity index (χ1) is 15.2. The summed E-state index contributed by atoms with van der Waals surface area (Å²) in [4.78, 5) is 19.7. The van der Waals surface area contributed by atoms with Crippen molar-refractivity contribution >= 4 is 23.5 Å². The Kier molecular flexibility index (Phi) is 4.98. The van der Waals surface area contributed by atoms with Crippen LogP contribution < -0.4 is 10.5 Å². The molecular formula is C25H28ClN3O3. The molecule has 3 unspecified atom stereocenters. The maximum Gasteiger partial charge on any atom is 0.261 e. The lowest BCUT2D eigenvalue weighted by Crippen LogP contribution is -2.49. The van der Waals surface area contributed by atoms with Crippen LogP contribution in [0.2, 0.25) is 5.02 Å². The van der Waals surface area contributed by atoms with Gasteiger partial charge in [-0.15, -0.1) is 0 Å². The molecule has 0 aliphatic carbocycles. The smallest absolute Gasteiger partial charge is 0.261 e. The second-order valence-corrected chi connectivity index (χ2v) is 10.1. The van der Waals surface area contributed by atoms with Crippen LogP contribution in [0, 0.1) is 5.92 Å². The third kappa shape index (κ3) is 3.46. The van der Waals surface area contributed by atoms with Crippen LogP contribution in [0.15, 0.2) is 47.5 Å². The van der Waals surface area contributed by atoms with E-state index in [1.807, 2.05) is 42.5 Å². The summed E-state index contributed by atoms with van der Waals surface area (Å²) in [5.74, 6) is 1.09. The zero-order valence-electron chi connectivity index (χ0n) is 18.6. The van der Waals surface area contributed by atoms with Crippen molar-refractivity contribution in [3.63, 3.8) is 0 Å². The summed E-state index contributed by atoms with van der Waals surface area (Å²) >= 11 is 6.21. The Labute approximate surface area is 193 Å². The van der Waals surface area contributed by atoms with Crippen molar-refractivity contribution in [1.29, 1.82) is 0 Å². The highest BCUT2D eigenvalue weighted by Crippen LogP contribution is 2.49. The highest BCUT2D eigenvalue weighted by atomic mass is 35.5. The van der Waals surface area contributed by atoms with E-state index in [9.17, 15) is 4.79 Å². The Bertz CT molecular complexity index is 1120. The minimum Gasteiger partial charge on any atom is -0.490 e. The van der Waals surface area contributed by atoms with Crippen molar-refractivity contribution in [2.75, 3.05) is 13.7 Å². The third-order valence-electron chi connectivity index (χ3n) is 6.93. The zero-order valence-corrected chi connectivity index (χ0v) is 19.4. The first kappa shape index (κ1) is 21.3. The van der Waals surface area contributed by atoms with E-state index in [1.165, 1.54) is 4.90 Å². The summed E-state index contributed by atoms with van der Waals surface area (Å²) in [6, 6.07) is 13.6. The number of nitrogens with two attached hydrogens (primary N) is 1. The fourth-order valence-corrected chi connectivity index (χ4v) is 5.47.